The highest BCUT2D eigenvalue weighted by Crippen LogP contribution is 2.18. The number of hydrogen-bond acceptors (Lipinski definition) is 3. The molecule has 1 heterocycles. The van der Waals surface area contributed by atoms with Gasteiger partial charge in [-0.3, -0.25) is 9.59 Å². The molecule has 0 radical (unpaired) electrons. The van der Waals surface area contributed by atoms with Gasteiger partial charge in [0, 0.05) is 11.1 Å². The van der Waals surface area contributed by atoms with Crippen molar-refractivity contribution in [2.75, 3.05) is 6.54 Å². The summed E-state index contributed by atoms with van der Waals surface area (Å²) in [6.07, 6.45) is 0. The van der Waals surface area contributed by atoms with Crippen molar-refractivity contribution >= 4 is 22.6 Å². The number of nitrogens with one attached hydrogen (secondary N) is 1. The van der Waals surface area contributed by atoms with Crippen LogP contribution in [0.2, 0.25) is 0 Å². The Morgan fingerprint density at radius 3 is 2.78 bits per heavy atom. The third kappa shape index (κ3) is 2.45. The van der Waals surface area contributed by atoms with Crippen molar-refractivity contribution < 1.29 is 14.7 Å². The van der Waals surface area contributed by atoms with E-state index in [0.717, 1.165) is 5.39 Å². The highest BCUT2D eigenvalue weighted by Gasteiger charge is 2.13. The summed E-state index contributed by atoms with van der Waals surface area (Å²) in [5.41, 5.74) is 0.973. The minimum Gasteiger partial charge on any atom is -0.480 e. The fourth-order valence-electron chi connectivity index (χ4n) is 1.75. The summed E-state index contributed by atoms with van der Waals surface area (Å²) < 4.78 is 0. The summed E-state index contributed by atoms with van der Waals surface area (Å²) >= 11 is 0. The minimum absolute atomic E-state index is 0.256. The van der Waals surface area contributed by atoms with Crippen molar-refractivity contribution in [3.8, 4) is 0 Å². The molecule has 1 aromatic carbocycles. The number of aryl methyl sites for hydroxylation is 1. The van der Waals surface area contributed by atoms with Crippen LogP contribution in [0.3, 0.4) is 0 Å². The molecule has 1 aromatic heterocycles. The summed E-state index contributed by atoms with van der Waals surface area (Å²) in [5, 5.41) is 12.5. The second-order valence-electron chi connectivity index (χ2n) is 3.91. The third-order valence-corrected chi connectivity index (χ3v) is 2.48. The Kier molecular flexibility index (Phi) is 3.23. The number of fused-ring (bicyclic) bond motifs is 1. The van der Waals surface area contributed by atoms with Crippen LogP contribution in [0.1, 0.15) is 16.2 Å². The van der Waals surface area contributed by atoms with Crippen molar-refractivity contribution in [3.63, 3.8) is 0 Å². The number of pyridine rings is 1. The summed E-state index contributed by atoms with van der Waals surface area (Å²) in [7, 11) is 0. The SMILES string of the molecule is Cc1cc2ccccc2c(C(=O)NCC(=O)O)n1. The molecule has 92 valence electrons. The zero-order valence-corrected chi connectivity index (χ0v) is 9.80. The first-order valence-electron chi connectivity index (χ1n) is 5.44. The second kappa shape index (κ2) is 4.83. The molecule has 1 amide bonds. The van der Waals surface area contributed by atoms with Crippen LogP contribution in [0.4, 0.5) is 0 Å². The largest absolute Gasteiger partial charge is 0.480 e. The molecule has 0 aliphatic carbocycles. The molecular formula is C13H12N2O3. The topological polar surface area (TPSA) is 79.3 Å². The number of aliphatic carboxylic acids is 1. The van der Waals surface area contributed by atoms with Crippen molar-refractivity contribution in [2.24, 2.45) is 0 Å². The van der Waals surface area contributed by atoms with Gasteiger partial charge >= 0.3 is 5.97 Å². The van der Waals surface area contributed by atoms with E-state index in [1.165, 1.54) is 0 Å². The number of hydrogen-bond donors (Lipinski definition) is 2. The lowest BCUT2D eigenvalue weighted by Crippen LogP contribution is -2.30. The maximum Gasteiger partial charge on any atom is 0.322 e. The maximum atomic E-state index is 11.9. The minimum atomic E-state index is -1.08. The van der Waals surface area contributed by atoms with Crippen LogP contribution >= 0.6 is 0 Å². The molecule has 0 aliphatic heterocycles. The fraction of sp³-hybridized carbons (Fsp3) is 0.154. The molecule has 0 unspecified atom stereocenters. The smallest absolute Gasteiger partial charge is 0.322 e. The lowest BCUT2D eigenvalue weighted by Gasteiger charge is -2.07. The molecule has 5 heteroatoms. The van der Waals surface area contributed by atoms with E-state index in [1.807, 2.05) is 24.3 Å². The number of aromatic nitrogens is 1. The van der Waals surface area contributed by atoms with Gasteiger partial charge in [-0.05, 0) is 18.4 Å². The number of nitrogens with zero attached hydrogens (tertiary/aromatic N) is 1. The first-order chi connectivity index (χ1) is 8.58. The Morgan fingerprint density at radius 1 is 1.33 bits per heavy atom. The van der Waals surface area contributed by atoms with Gasteiger partial charge in [-0.25, -0.2) is 4.98 Å². The highest BCUT2D eigenvalue weighted by atomic mass is 16.4. The molecule has 0 atom stereocenters. The number of carboxylic acids is 1. The molecule has 2 rings (SSSR count). The Hall–Kier alpha value is -2.43. The van der Waals surface area contributed by atoms with Crippen LogP contribution < -0.4 is 5.32 Å². The van der Waals surface area contributed by atoms with E-state index in [9.17, 15) is 9.59 Å². The molecule has 0 bridgehead atoms. The van der Waals surface area contributed by atoms with Crippen molar-refractivity contribution in [2.45, 2.75) is 6.92 Å². The van der Waals surface area contributed by atoms with Crippen LogP contribution in [-0.2, 0) is 4.79 Å². The molecule has 0 aliphatic rings. The Bertz CT molecular complexity index is 623. The number of carbonyl (C=O) groups excluding carboxylic acids is 1. The van der Waals surface area contributed by atoms with Gasteiger partial charge in [0.2, 0.25) is 0 Å². The molecule has 0 fully saturated rings. The number of benzene rings is 1. The predicted octanol–water partition coefficient (Wildman–Crippen LogP) is 1.36. The lowest BCUT2D eigenvalue weighted by atomic mass is 10.1. The standard InChI is InChI=1S/C13H12N2O3/c1-8-6-9-4-2-3-5-10(9)12(15-8)13(18)14-7-11(16)17/h2-6H,7H2,1H3,(H,14,18)(H,16,17). The molecule has 0 saturated heterocycles. The quantitative estimate of drug-likeness (QED) is 0.854. The Morgan fingerprint density at radius 2 is 2.06 bits per heavy atom. The number of rotatable bonds is 3. The van der Waals surface area contributed by atoms with Gasteiger partial charge in [-0.15, -0.1) is 0 Å². The highest BCUT2D eigenvalue weighted by molar-refractivity contribution is 6.05. The Balaban J connectivity index is 2.43. The zero-order chi connectivity index (χ0) is 13.1. The van der Waals surface area contributed by atoms with Crippen molar-refractivity contribution in [3.05, 3.63) is 41.7 Å². The van der Waals surface area contributed by atoms with Crippen LogP contribution in [0, 0.1) is 6.92 Å². The molecule has 2 N–H and O–H groups in total. The van der Waals surface area contributed by atoms with Crippen LogP contribution in [0.15, 0.2) is 30.3 Å². The zero-order valence-electron chi connectivity index (χ0n) is 9.80. The maximum absolute atomic E-state index is 11.9. The van der Waals surface area contributed by atoms with Crippen molar-refractivity contribution in [1.82, 2.24) is 10.3 Å². The molecule has 0 saturated carbocycles. The fourth-order valence-corrected chi connectivity index (χ4v) is 1.75. The van der Waals surface area contributed by atoms with E-state index < -0.39 is 18.4 Å². The summed E-state index contributed by atoms with van der Waals surface area (Å²) in [6, 6.07) is 9.24. The number of carboxylic acid groups (broad SMARTS) is 1. The van der Waals surface area contributed by atoms with Gasteiger partial charge in [0.1, 0.15) is 12.2 Å². The van der Waals surface area contributed by atoms with E-state index in [1.54, 1.807) is 13.0 Å². The van der Waals surface area contributed by atoms with Gasteiger partial charge in [0.05, 0.1) is 0 Å². The van der Waals surface area contributed by atoms with Crippen LogP contribution in [0.25, 0.3) is 10.8 Å². The lowest BCUT2D eigenvalue weighted by molar-refractivity contribution is -0.135. The van der Waals surface area contributed by atoms with E-state index >= 15 is 0 Å². The predicted molar refractivity (Wildman–Crippen MR) is 66.4 cm³/mol. The molecule has 18 heavy (non-hydrogen) atoms. The van der Waals surface area contributed by atoms with Gasteiger partial charge in [-0.2, -0.15) is 0 Å². The third-order valence-electron chi connectivity index (χ3n) is 2.48. The van der Waals surface area contributed by atoms with Gasteiger partial charge in [0.15, 0.2) is 0 Å². The average molecular weight is 244 g/mol. The first-order valence-corrected chi connectivity index (χ1v) is 5.44. The van der Waals surface area contributed by atoms with E-state index in [4.69, 9.17) is 5.11 Å². The monoisotopic (exact) mass is 244 g/mol. The second-order valence-corrected chi connectivity index (χ2v) is 3.91. The summed E-state index contributed by atoms with van der Waals surface area (Å²) in [5.74, 6) is -1.56. The van der Waals surface area contributed by atoms with E-state index in [0.29, 0.717) is 11.1 Å². The average Bonchev–Trinajstić information content (AvgIpc) is 2.34. The van der Waals surface area contributed by atoms with Gasteiger partial charge in [-0.1, -0.05) is 24.3 Å². The van der Waals surface area contributed by atoms with E-state index in [2.05, 4.69) is 10.3 Å². The normalized spacial score (nSPS) is 10.3. The van der Waals surface area contributed by atoms with Gasteiger partial charge < -0.3 is 10.4 Å². The number of amides is 1. The van der Waals surface area contributed by atoms with Crippen LogP contribution in [-0.4, -0.2) is 28.5 Å². The summed E-state index contributed by atoms with van der Waals surface area (Å²) in [6.45, 7) is 1.38. The molecular weight excluding hydrogens is 232 g/mol. The Labute approximate surface area is 103 Å². The van der Waals surface area contributed by atoms with Crippen LogP contribution in [0.5, 0.6) is 0 Å². The summed E-state index contributed by atoms with van der Waals surface area (Å²) in [4.78, 5) is 26.5. The van der Waals surface area contributed by atoms with E-state index in [-0.39, 0.29) is 5.69 Å². The number of carbonyl (C=O) groups is 2. The van der Waals surface area contributed by atoms with Gasteiger partial charge in [0.25, 0.3) is 5.91 Å². The molecule has 0 spiro atoms. The molecule has 5 nitrogen and oxygen atoms in total. The molecule has 2 aromatic rings. The first kappa shape index (κ1) is 12.0. The van der Waals surface area contributed by atoms with Crippen molar-refractivity contribution in [1.29, 1.82) is 0 Å².